The molecule has 1 unspecified atom stereocenters. The van der Waals surface area contributed by atoms with Gasteiger partial charge in [0.15, 0.2) is 5.16 Å². The van der Waals surface area contributed by atoms with Crippen molar-refractivity contribution in [2.75, 3.05) is 5.32 Å². The summed E-state index contributed by atoms with van der Waals surface area (Å²) in [6.07, 6.45) is 4.33. The number of thioether (sulfide) groups is 1. The molecule has 1 aromatic carbocycles. The molecule has 2 aromatic heterocycles. The van der Waals surface area contributed by atoms with Crippen LogP contribution in [0, 0.1) is 13.8 Å². The number of hydrogen-bond acceptors (Lipinski definition) is 5. The van der Waals surface area contributed by atoms with E-state index >= 15 is 0 Å². The molecule has 30 heavy (non-hydrogen) atoms. The summed E-state index contributed by atoms with van der Waals surface area (Å²) in [7, 11) is 0. The van der Waals surface area contributed by atoms with Crippen LogP contribution < -0.4 is 10.9 Å². The van der Waals surface area contributed by atoms with E-state index in [1.54, 1.807) is 15.9 Å². The van der Waals surface area contributed by atoms with E-state index in [1.807, 2.05) is 39.8 Å². The number of fused-ring (bicyclic) bond motifs is 3. The predicted molar refractivity (Wildman–Crippen MR) is 126 cm³/mol. The van der Waals surface area contributed by atoms with Gasteiger partial charge in [-0.3, -0.25) is 14.2 Å². The van der Waals surface area contributed by atoms with Crippen LogP contribution in [0.1, 0.15) is 48.3 Å². The summed E-state index contributed by atoms with van der Waals surface area (Å²) in [4.78, 5) is 33.0. The monoisotopic (exact) mass is 441 g/mol. The number of carbonyl (C=O) groups excluding carboxylic acids is 1. The first-order valence-corrected chi connectivity index (χ1v) is 12.2. The number of amides is 1. The van der Waals surface area contributed by atoms with Gasteiger partial charge in [0, 0.05) is 17.1 Å². The predicted octanol–water partition coefficient (Wildman–Crippen LogP) is 5.09. The molecule has 3 aromatic rings. The molecule has 1 atom stereocenters. The number of nitrogens with zero attached hydrogens (tertiary/aromatic N) is 2. The molecule has 0 radical (unpaired) electrons. The number of hydrogen-bond donors (Lipinski definition) is 1. The van der Waals surface area contributed by atoms with Gasteiger partial charge in [-0.05, 0) is 70.6 Å². The average Bonchev–Trinajstić information content (AvgIpc) is 3.08. The maximum Gasteiger partial charge on any atom is 0.263 e. The third-order valence-corrected chi connectivity index (χ3v) is 7.92. The minimum Gasteiger partial charge on any atom is -0.325 e. The highest BCUT2D eigenvalue weighted by molar-refractivity contribution is 8.00. The van der Waals surface area contributed by atoms with Gasteiger partial charge in [-0.15, -0.1) is 11.3 Å². The SMILES string of the molecule is CCn1c(SC(C)C(=O)Nc2ccc(C)cc2C)nc2sc3c(c2c1=O)CCCC3. The number of nitrogens with one attached hydrogen (secondary N) is 1. The Hall–Kier alpha value is -2.12. The molecule has 1 aliphatic rings. The molecular weight excluding hydrogens is 414 g/mol. The lowest BCUT2D eigenvalue weighted by Gasteiger charge is -2.16. The van der Waals surface area contributed by atoms with Crippen LogP contribution in [0.4, 0.5) is 5.69 Å². The smallest absolute Gasteiger partial charge is 0.263 e. The van der Waals surface area contributed by atoms with Crippen LogP contribution in [0.2, 0.25) is 0 Å². The van der Waals surface area contributed by atoms with Crippen LogP contribution in [0.3, 0.4) is 0 Å². The van der Waals surface area contributed by atoms with Crippen molar-refractivity contribution >= 4 is 44.9 Å². The topological polar surface area (TPSA) is 64.0 Å². The van der Waals surface area contributed by atoms with E-state index in [9.17, 15) is 9.59 Å². The van der Waals surface area contributed by atoms with Crippen LogP contribution in [0.5, 0.6) is 0 Å². The number of carbonyl (C=O) groups is 1. The van der Waals surface area contributed by atoms with Gasteiger partial charge in [0.25, 0.3) is 5.56 Å². The van der Waals surface area contributed by atoms with E-state index < -0.39 is 0 Å². The van der Waals surface area contributed by atoms with E-state index in [0.29, 0.717) is 11.7 Å². The Morgan fingerprint density at radius 1 is 1.30 bits per heavy atom. The van der Waals surface area contributed by atoms with Gasteiger partial charge in [0.05, 0.1) is 10.6 Å². The Morgan fingerprint density at radius 3 is 2.80 bits per heavy atom. The zero-order valence-corrected chi connectivity index (χ0v) is 19.5. The maximum absolute atomic E-state index is 13.2. The molecule has 158 valence electrons. The highest BCUT2D eigenvalue weighted by Gasteiger charge is 2.24. The minimum atomic E-state index is -0.373. The summed E-state index contributed by atoms with van der Waals surface area (Å²) in [5.41, 5.74) is 4.26. The fraction of sp³-hybridized carbons (Fsp3) is 0.435. The summed E-state index contributed by atoms with van der Waals surface area (Å²) < 4.78 is 1.72. The second-order valence-electron chi connectivity index (χ2n) is 7.90. The Balaban J connectivity index is 1.62. The molecule has 0 saturated carbocycles. The van der Waals surface area contributed by atoms with Gasteiger partial charge < -0.3 is 5.32 Å². The molecule has 7 heteroatoms. The third kappa shape index (κ3) is 3.93. The van der Waals surface area contributed by atoms with Crippen LogP contribution in [-0.2, 0) is 24.2 Å². The molecule has 0 aliphatic heterocycles. The lowest BCUT2D eigenvalue weighted by molar-refractivity contribution is -0.115. The second-order valence-corrected chi connectivity index (χ2v) is 10.3. The fourth-order valence-corrected chi connectivity index (χ4v) is 6.26. The van der Waals surface area contributed by atoms with Gasteiger partial charge in [0.2, 0.25) is 5.91 Å². The maximum atomic E-state index is 13.2. The van der Waals surface area contributed by atoms with Crippen molar-refractivity contribution in [1.29, 1.82) is 0 Å². The van der Waals surface area contributed by atoms with Crippen molar-refractivity contribution in [2.45, 2.75) is 70.3 Å². The lowest BCUT2D eigenvalue weighted by Crippen LogP contribution is -2.27. The average molecular weight is 442 g/mol. The first-order chi connectivity index (χ1) is 14.4. The molecule has 0 saturated heterocycles. The molecule has 5 nitrogen and oxygen atoms in total. The van der Waals surface area contributed by atoms with Gasteiger partial charge in [-0.1, -0.05) is 29.5 Å². The van der Waals surface area contributed by atoms with Gasteiger partial charge in [0.1, 0.15) is 4.83 Å². The van der Waals surface area contributed by atoms with E-state index in [1.165, 1.54) is 28.6 Å². The summed E-state index contributed by atoms with van der Waals surface area (Å²) in [5, 5.41) is 4.06. The molecule has 4 rings (SSSR count). The van der Waals surface area contributed by atoms with E-state index in [4.69, 9.17) is 4.98 Å². The summed E-state index contributed by atoms with van der Waals surface area (Å²) in [6, 6.07) is 5.97. The molecular formula is C23H27N3O2S2. The zero-order chi connectivity index (χ0) is 21.4. The molecule has 1 aliphatic carbocycles. The summed E-state index contributed by atoms with van der Waals surface area (Å²) >= 11 is 3.00. The summed E-state index contributed by atoms with van der Waals surface area (Å²) in [6.45, 7) is 8.38. The normalized spacial score (nSPS) is 14.5. The fourth-order valence-electron chi connectivity index (χ4n) is 3.99. The number of aryl methyl sites for hydroxylation is 4. The number of aromatic nitrogens is 2. The van der Waals surface area contributed by atoms with Gasteiger partial charge >= 0.3 is 0 Å². The van der Waals surface area contributed by atoms with Crippen LogP contribution in [0.15, 0.2) is 28.2 Å². The number of rotatable bonds is 5. The van der Waals surface area contributed by atoms with Crippen LogP contribution in [0.25, 0.3) is 10.2 Å². The van der Waals surface area contributed by atoms with E-state index in [2.05, 4.69) is 11.4 Å². The van der Waals surface area contributed by atoms with Crippen molar-refractivity contribution in [3.8, 4) is 0 Å². The Kier molecular flexibility index (Phi) is 6.02. The van der Waals surface area contributed by atoms with E-state index in [0.717, 1.165) is 46.3 Å². The molecule has 2 heterocycles. The highest BCUT2D eigenvalue weighted by Crippen LogP contribution is 2.35. The highest BCUT2D eigenvalue weighted by atomic mass is 32.2. The molecule has 0 fully saturated rings. The largest absolute Gasteiger partial charge is 0.325 e. The second kappa shape index (κ2) is 8.55. The van der Waals surface area contributed by atoms with Crippen molar-refractivity contribution < 1.29 is 4.79 Å². The van der Waals surface area contributed by atoms with Gasteiger partial charge in [-0.2, -0.15) is 0 Å². The quantitative estimate of drug-likeness (QED) is 0.442. The van der Waals surface area contributed by atoms with Crippen LogP contribution in [-0.4, -0.2) is 20.7 Å². The minimum absolute atomic E-state index is 0.0337. The summed E-state index contributed by atoms with van der Waals surface area (Å²) in [5.74, 6) is -0.0885. The van der Waals surface area contributed by atoms with Crippen molar-refractivity contribution in [2.24, 2.45) is 0 Å². The van der Waals surface area contributed by atoms with Crippen molar-refractivity contribution in [3.05, 3.63) is 50.1 Å². The Morgan fingerprint density at radius 2 is 2.07 bits per heavy atom. The number of thiophene rings is 1. The first-order valence-electron chi connectivity index (χ1n) is 10.5. The van der Waals surface area contributed by atoms with Gasteiger partial charge in [-0.25, -0.2) is 4.98 Å². The Bertz CT molecular complexity index is 1180. The molecule has 0 spiro atoms. The number of benzene rings is 1. The van der Waals surface area contributed by atoms with Crippen molar-refractivity contribution in [3.63, 3.8) is 0 Å². The van der Waals surface area contributed by atoms with Crippen LogP contribution >= 0.6 is 23.1 Å². The third-order valence-electron chi connectivity index (χ3n) is 5.65. The lowest BCUT2D eigenvalue weighted by atomic mass is 9.97. The molecule has 1 amide bonds. The van der Waals surface area contributed by atoms with E-state index in [-0.39, 0.29) is 16.7 Å². The zero-order valence-electron chi connectivity index (χ0n) is 17.9. The van der Waals surface area contributed by atoms with Crippen molar-refractivity contribution in [1.82, 2.24) is 9.55 Å². The molecule has 1 N–H and O–H groups in total. The first kappa shape index (κ1) is 21.1. The number of anilines is 1. The molecule has 0 bridgehead atoms. The standard InChI is InChI=1S/C23H27N3O2S2/c1-5-26-22(28)19-16-8-6-7-9-18(16)30-21(19)25-23(26)29-15(4)20(27)24-17-11-10-13(2)12-14(17)3/h10-12,15H,5-9H2,1-4H3,(H,24,27). The Labute approximate surface area is 184 Å².